The van der Waals surface area contributed by atoms with Gasteiger partial charge in [0, 0.05) is 31.6 Å². The van der Waals surface area contributed by atoms with Gasteiger partial charge in [-0.2, -0.15) is 13.2 Å². The molecule has 2 aliphatic rings. The number of benzene rings is 2. The summed E-state index contributed by atoms with van der Waals surface area (Å²) in [5, 5.41) is 5.49. The van der Waals surface area contributed by atoms with Gasteiger partial charge in [-0.1, -0.05) is 30.3 Å². The smallest absolute Gasteiger partial charge is 0.352 e. The maximum atomic E-state index is 13.2. The second kappa shape index (κ2) is 9.17. The predicted octanol–water partition coefficient (Wildman–Crippen LogP) is 4.58. The molecule has 1 aliphatic carbocycles. The van der Waals surface area contributed by atoms with Crippen LogP contribution in [0.1, 0.15) is 42.9 Å². The highest BCUT2D eigenvalue weighted by Gasteiger charge is 2.58. The van der Waals surface area contributed by atoms with Crippen molar-refractivity contribution in [1.29, 1.82) is 0 Å². The van der Waals surface area contributed by atoms with E-state index in [-0.39, 0.29) is 35.3 Å². The number of nitrogens with one attached hydrogen (secondary N) is 2. The van der Waals surface area contributed by atoms with Crippen molar-refractivity contribution >= 4 is 17.5 Å². The molecule has 8 heteroatoms. The van der Waals surface area contributed by atoms with Crippen LogP contribution >= 0.6 is 0 Å². The van der Waals surface area contributed by atoms with Gasteiger partial charge in [0.05, 0.1) is 5.56 Å². The Kier molecular flexibility index (Phi) is 6.47. The fraction of sp³-hybridized carbons (Fsp3) is 0.440. The van der Waals surface area contributed by atoms with E-state index in [1.165, 1.54) is 19.1 Å². The van der Waals surface area contributed by atoms with Crippen LogP contribution in [0.2, 0.25) is 0 Å². The minimum Gasteiger partial charge on any atom is -0.352 e. The first-order chi connectivity index (χ1) is 15.7. The molecule has 1 aliphatic heterocycles. The molecule has 33 heavy (non-hydrogen) atoms. The van der Waals surface area contributed by atoms with Crippen molar-refractivity contribution in [1.82, 2.24) is 10.2 Å². The number of hydrogen-bond donors (Lipinski definition) is 2. The Morgan fingerprint density at radius 2 is 1.73 bits per heavy atom. The summed E-state index contributed by atoms with van der Waals surface area (Å²) in [5.41, 5.74) is 1.31. The van der Waals surface area contributed by atoms with Crippen LogP contribution in [0.15, 0.2) is 48.5 Å². The van der Waals surface area contributed by atoms with E-state index < -0.39 is 11.7 Å². The molecule has 2 amide bonds. The van der Waals surface area contributed by atoms with Crippen LogP contribution in [0, 0.1) is 11.3 Å². The summed E-state index contributed by atoms with van der Waals surface area (Å²) >= 11 is 0. The summed E-state index contributed by atoms with van der Waals surface area (Å²) in [6.07, 6.45) is -1.80. The molecule has 2 aromatic carbocycles. The molecule has 4 rings (SSSR count). The summed E-state index contributed by atoms with van der Waals surface area (Å²) in [4.78, 5) is 26.1. The average Bonchev–Trinajstić information content (AvgIpc) is 3.48. The van der Waals surface area contributed by atoms with Crippen LogP contribution in [-0.2, 0) is 28.9 Å². The van der Waals surface area contributed by atoms with E-state index in [1.807, 2.05) is 24.3 Å². The number of carbonyl (C=O) groups is 2. The lowest BCUT2D eigenvalue weighted by molar-refractivity contribution is -0.138. The highest BCUT2D eigenvalue weighted by Crippen LogP contribution is 2.59. The van der Waals surface area contributed by atoms with Gasteiger partial charge in [-0.25, -0.2) is 0 Å². The molecule has 1 saturated heterocycles. The van der Waals surface area contributed by atoms with Gasteiger partial charge in [0.25, 0.3) is 0 Å². The van der Waals surface area contributed by atoms with Gasteiger partial charge in [-0.3, -0.25) is 14.5 Å². The summed E-state index contributed by atoms with van der Waals surface area (Å²) in [6, 6.07) is 13.1. The summed E-state index contributed by atoms with van der Waals surface area (Å²) in [5.74, 6) is -0.361. The largest absolute Gasteiger partial charge is 0.416 e. The molecule has 1 spiro atoms. The van der Waals surface area contributed by atoms with Crippen LogP contribution in [0.4, 0.5) is 18.9 Å². The first-order valence-electron chi connectivity index (χ1n) is 11.2. The van der Waals surface area contributed by atoms with E-state index in [9.17, 15) is 22.8 Å². The number of hydrogen-bond acceptors (Lipinski definition) is 3. The van der Waals surface area contributed by atoms with E-state index in [0.29, 0.717) is 0 Å². The van der Waals surface area contributed by atoms with Crippen LogP contribution in [0.25, 0.3) is 0 Å². The molecule has 5 nitrogen and oxygen atoms in total. The first-order valence-corrected chi connectivity index (χ1v) is 11.2. The minimum absolute atomic E-state index is 0.0145. The van der Waals surface area contributed by atoms with Crippen molar-refractivity contribution in [2.75, 3.05) is 18.4 Å². The lowest BCUT2D eigenvalue weighted by atomic mass is 9.90. The van der Waals surface area contributed by atoms with Gasteiger partial charge in [-0.15, -0.1) is 0 Å². The average molecular weight is 460 g/mol. The van der Waals surface area contributed by atoms with Gasteiger partial charge in [0.1, 0.15) is 0 Å². The monoisotopic (exact) mass is 459 g/mol. The Morgan fingerprint density at radius 1 is 1.06 bits per heavy atom. The van der Waals surface area contributed by atoms with Crippen molar-refractivity contribution in [2.24, 2.45) is 11.3 Å². The van der Waals surface area contributed by atoms with E-state index in [1.54, 1.807) is 6.07 Å². The molecule has 1 heterocycles. The first kappa shape index (κ1) is 23.3. The lowest BCUT2D eigenvalue weighted by Gasteiger charge is -2.32. The molecule has 0 bridgehead atoms. The number of halogens is 3. The Labute approximate surface area is 191 Å². The lowest BCUT2D eigenvalue weighted by Crippen LogP contribution is -2.36. The molecule has 1 atom stereocenters. The topological polar surface area (TPSA) is 61.4 Å². The number of likely N-dealkylation sites (tertiary alicyclic amines) is 1. The van der Waals surface area contributed by atoms with Crippen LogP contribution < -0.4 is 10.6 Å². The van der Waals surface area contributed by atoms with Crippen molar-refractivity contribution in [2.45, 2.75) is 45.5 Å². The molecule has 0 radical (unpaired) electrons. The number of amides is 2. The van der Waals surface area contributed by atoms with Gasteiger partial charge in [0.15, 0.2) is 0 Å². The van der Waals surface area contributed by atoms with E-state index in [2.05, 4.69) is 15.5 Å². The number of carbonyl (C=O) groups excluding carboxylic acids is 2. The zero-order valence-corrected chi connectivity index (χ0v) is 18.5. The Morgan fingerprint density at radius 3 is 2.36 bits per heavy atom. The van der Waals surface area contributed by atoms with Crippen LogP contribution in [0.3, 0.4) is 0 Å². The summed E-state index contributed by atoms with van der Waals surface area (Å²) < 4.78 is 39.5. The number of alkyl halides is 3. The van der Waals surface area contributed by atoms with E-state index in [4.69, 9.17) is 0 Å². The quantitative estimate of drug-likeness (QED) is 0.665. The second-order valence-corrected chi connectivity index (χ2v) is 9.15. The SMILES string of the molecule is CC(=O)Nc1ccc(CN2CCC3(CC2)C[C@@H]3C(=O)NCc2ccccc2C(F)(F)F)cc1. The molecule has 2 aromatic rings. The van der Waals surface area contributed by atoms with Gasteiger partial charge < -0.3 is 10.6 Å². The fourth-order valence-electron chi connectivity index (χ4n) is 4.84. The third-order valence-corrected chi connectivity index (χ3v) is 6.81. The standard InChI is InChI=1S/C25H28F3N3O2/c1-17(32)30-20-8-6-18(7-9-20)16-31-12-10-24(11-13-31)14-22(24)23(33)29-15-19-4-2-3-5-21(19)25(26,27)28/h2-9,22H,10-16H2,1H3,(H,29,33)(H,30,32)/t22-/m1/s1. The third-order valence-electron chi connectivity index (χ3n) is 6.81. The second-order valence-electron chi connectivity index (χ2n) is 9.15. The van der Waals surface area contributed by atoms with Gasteiger partial charge in [-0.05, 0) is 67.1 Å². The molecule has 2 N–H and O–H groups in total. The third kappa shape index (κ3) is 5.55. The zero-order chi connectivity index (χ0) is 23.6. The zero-order valence-electron chi connectivity index (χ0n) is 18.5. The van der Waals surface area contributed by atoms with Crippen molar-refractivity contribution < 1.29 is 22.8 Å². The molecular formula is C25H28F3N3O2. The molecule has 1 saturated carbocycles. The number of nitrogens with zero attached hydrogens (tertiary/aromatic N) is 1. The van der Waals surface area contributed by atoms with Crippen molar-refractivity contribution in [3.05, 3.63) is 65.2 Å². The van der Waals surface area contributed by atoms with Crippen LogP contribution in [0.5, 0.6) is 0 Å². The normalized spacial score (nSPS) is 19.8. The van der Waals surface area contributed by atoms with Crippen molar-refractivity contribution in [3.63, 3.8) is 0 Å². The Balaban J connectivity index is 1.25. The maximum absolute atomic E-state index is 13.2. The molecule has 176 valence electrons. The fourth-order valence-corrected chi connectivity index (χ4v) is 4.84. The predicted molar refractivity (Wildman–Crippen MR) is 119 cm³/mol. The van der Waals surface area contributed by atoms with Gasteiger partial charge >= 0.3 is 6.18 Å². The molecule has 2 fully saturated rings. The highest BCUT2D eigenvalue weighted by molar-refractivity contribution is 5.88. The number of anilines is 1. The van der Waals surface area contributed by atoms with E-state index in [0.717, 1.165) is 56.2 Å². The Hall–Kier alpha value is -2.87. The maximum Gasteiger partial charge on any atom is 0.416 e. The van der Waals surface area contributed by atoms with Gasteiger partial charge in [0.2, 0.25) is 11.8 Å². The van der Waals surface area contributed by atoms with Crippen LogP contribution in [-0.4, -0.2) is 29.8 Å². The molecule has 0 unspecified atom stereocenters. The summed E-state index contributed by atoms with van der Waals surface area (Å²) in [7, 11) is 0. The molecular weight excluding hydrogens is 431 g/mol. The minimum atomic E-state index is -4.43. The highest BCUT2D eigenvalue weighted by atomic mass is 19.4. The number of rotatable bonds is 6. The number of piperidine rings is 1. The summed E-state index contributed by atoms with van der Waals surface area (Å²) in [6.45, 7) is 3.94. The molecule has 0 aromatic heterocycles. The Bertz CT molecular complexity index is 1010. The van der Waals surface area contributed by atoms with E-state index >= 15 is 0 Å². The van der Waals surface area contributed by atoms with Crippen molar-refractivity contribution in [3.8, 4) is 0 Å².